The summed E-state index contributed by atoms with van der Waals surface area (Å²) in [6, 6.07) is 3.59. The number of carbonyl (C=O) groups is 2. The largest absolute Gasteiger partial charge is 0.479 e. The minimum atomic E-state index is -1.37. The van der Waals surface area contributed by atoms with Crippen molar-refractivity contribution in [1.29, 1.82) is 0 Å². The molecule has 1 atom stereocenters. The van der Waals surface area contributed by atoms with Crippen LogP contribution in [-0.4, -0.2) is 40.7 Å². The number of aromatic nitrogens is 1. The molecule has 6 nitrogen and oxygen atoms in total. The number of halogens is 1. The number of carboxylic acids is 1. The van der Waals surface area contributed by atoms with Crippen molar-refractivity contribution in [3.63, 3.8) is 0 Å². The van der Waals surface area contributed by atoms with Crippen LogP contribution in [0, 0.1) is 0 Å². The molecular formula is C13H11ClN2O4S2. The number of thiazole rings is 1. The summed E-state index contributed by atoms with van der Waals surface area (Å²) in [7, 11) is 0. The summed E-state index contributed by atoms with van der Waals surface area (Å²) in [5, 5.41) is 14.1. The van der Waals surface area contributed by atoms with Crippen molar-refractivity contribution in [3.8, 4) is 9.88 Å². The summed E-state index contributed by atoms with van der Waals surface area (Å²) in [5.41, 5.74) is -1.18. The van der Waals surface area contributed by atoms with Gasteiger partial charge in [-0.15, -0.1) is 22.7 Å². The fourth-order valence-corrected chi connectivity index (χ4v) is 4.00. The van der Waals surface area contributed by atoms with Gasteiger partial charge in [0.1, 0.15) is 10.7 Å². The molecule has 1 unspecified atom stereocenters. The summed E-state index contributed by atoms with van der Waals surface area (Å²) in [4.78, 5) is 28.8. The Bertz CT molecular complexity index is 721. The first kappa shape index (κ1) is 15.4. The smallest absolute Gasteiger partial charge is 0.331 e. The van der Waals surface area contributed by atoms with Crippen LogP contribution < -0.4 is 5.32 Å². The van der Waals surface area contributed by atoms with Crippen molar-refractivity contribution >= 4 is 46.2 Å². The number of ether oxygens (including phenoxy) is 1. The number of aliphatic carboxylic acids is 1. The molecule has 9 heteroatoms. The highest BCUT2D eigenvalue weighted by molar-refractivity contribution is 7.23. The second kappa shape index (κ2) is 5.96. The fraction of sp³-hybridized carbons (Fsp3) is 0.308. The molecule has 0 saturated carbocycles. The highest BCUT2D eigenvalue weighted by Gasteiger charge is 2.44. The lowest BCUT2D eigenvalue weighted by Gasteiger charge is -2.22. The Balaban J connectivity index is 1.78. The van der Waals surface area contributed by atoms with E-state index in [0.717, 1.165) is 4.88 Å². The van der Waals surface area contributed by atoms with Crippen LogP contribution in [0.5, 0.6) is 0 Å². The van der Waals surface area contributed by atoms with Crippen LogP contribution in [0.15, 0.2) is 17.5 Å². The van der Waals surface area contributed by atoms with E-state index in [9.17, 15) is 14.7 Å². The SMILES string of the molecule is O=C(NC1(C(=O)O)CCOC1)c1csc(-c2ccc(Cl)s2)n1. The molecule has 2 N–H and O–H groups in total. The molecule has 1 saturated heterocycles. The maximum Gasteiger partial charge on any atom is 0.331 e. The van der Waals surface area contributed by atoms with E-state index in [0.29, 0.717) is 16.0 Å². The third-order valence-corrected chi connectivity index (χ3v) is 5.55. The number of nitrogens with one attached hydrogen (secondary N) is 1. The number of hydrogen-bond acceptors (Lipinski definition) is 6. The molecule has 2 aromatic rings. The van der Waals surface area contributed by atoms with E-state index in [1.54, 1.807) is 11.4 Å². The average molecular weight is 359 g/mol. The Labute approximate surface area is 138 Å². The molecule has 2 aromatic heterocycles. The number of amides is 1. The third kappa shape index (κ3) is 2.87. The zero-order valence-electron chi connectivity index (χ0n) is 11.2. The maximum absolute atomic E-state index is 12.3. The van der Waals surface area contributed by atoms with Crippen LogP contribution in [0.25, 0.3) is 9.88 Å². The number of rotatable bonds is 4. The predicted molar refractivity (Wildman–Crippen MR) is 83.7 cm³/mol. The summed E-state index contributed by atoms with van der Waals surface area (Å²) < 4.78 is 5.75. The van der Waals surface area contributed by atoms with E-state index >= 15 is 0 Å². The molecule has 1 aliphatic heterocycles. The molecule has 1 amide bonds. The Morgan fingerprint density at radius 3 is 2.86 bits per heavy atom. The van der Waals surface area contributed by atoms with Crippen LogP contribution in [0.3, 0.4) is 0 Å². The molecule has 0 spiro atoms. The lowest BCUT2D eigenvalue weighted by Crippen LogP contribution is -2.55. The molecule has 0 aliphatic carbocycles. The second-order valence-corrected chi connectivity index (χ2v) is 7.36. The molecular weight excluding hydrogens is 348 g/mol. The highest BCUT2D eigenvalue weighted by Crippen LogP contribution is 2.33. The number of carboxylic acid groups (broad SMARTS) is 1. The molecule has 1 aliphatic rings. The Kier molecular flexibility index (Phi) is 4.18. The third-order valence-electron chi connectivity index (χ3n) is 3.30. The van der Waals surface area contributed by atoms with Gasteiger partial charge in [-0.2, -0.15) is 0 Å². The summed E-state index contributed by atoms with van der Waals surface area (Å²) in [6.07, 6.45) is 0.242. The van der Waals surface area contributed by atoms with Gasteiger partial charge < -0.3 is 15.2 Å². The first-order valence-electron chi connectivity index (χ1n) is 6.35. The predicted octanol–water partition coefficient (Wildman–Crippen LogP) is 2.50. The van der Waals surface area contributed by atoms with Gasteiger partial charge in [-0.3, -0.25) is 4.79 Å². The molecule has 0 bridgehead atoms. The van der Waals surface area contributed by atoms with Crippen LogP contribution in [-0.2, 0) is 9.53 Å². The molecule has 0 aromatic carbocycles. The van der Waals surface area contributed by atoms with Crippen molar-refractivity contribution in [2.45, 2.75) is 12.0 Å². The normalized spacial score (nSPS) is 21.0. The van der Waals surface area contributed by atoms with E-state index in [4.69, 9.17) is 16.3 Å². The molecule has 3 heterocycles. The highest BCUT2D eigenvalue weighted by atomic mass is 35.5. The number of nitrogens with zero attached hydrogens (tertiary/aromatic N) is 1. The fourth-order valence-electron chi connectivity index (χ4n) is 2.09. The Hall–Kier alpha value is -1.48. The molecule has 1 fully saturated rings. The van der Waals surface area contributed by atoms with Gasteiger partial charge in [0.05, 0.1) is 15.8 Å². The minimum Gasteiger partial charge on any atom is -0.479 e. The van der Waals surface area contributed by atoms with E-state index in [2.05, 4.69) is 10.3 Å². The summed E-state index contributed by atoms with van der Waals surface area (Å²) in [6.45, 7) is 0.272. The molecule has 3 rings (SSSR count). The first-order valence-corrected chi connectivity index (χ1v) is 8.42. The van der Waals surface area contributed by atoms with Gasteiger partial charge in [-0.25, -0.2) is 9.78 Å². The van der Waals surface area contributed by atoms with Crippen LogP contribution in [0.4, 0.5) is 0 Å². The quantitative estimate of drug-likeness (QED) is 0.876. The number of thiophene rings is 1. The zero-order chi connectivity index (χ0) is 15.7. The molecule has 22 heavy (non-hydrogen) atoms. The lowest BCUT2D eigenvalue weighted by atomic mass is 9.99. The topological polar surface area (TPSA) is 88.5 Å². The van der Waals surface area contributed by atoms with Gasteiger partial charge in [-0.1, -0.05) is 11.6 Å². The van der Waals surface area contributed by atoms with E-state index < -0.39 is 17.4 Å². The Morgan fingerprint density at radius 1 is 1.45 bits per heavy atom. The number of hydrogen-bond donors (Lipinski definition) is 2. The van der Waals surface area contributed by atoms with Gasteiger partial charge >= 0.3 is 5.97 Å². The summed E-state index contributed by atoms with van der Waals surface area (Å²) >= 11 is 8.56. The van der Waals surface area contributed by atoms with Crippen LogP contribution >= 0.6 is 34.3 Å². The van der Waals surface area contributed by atoms with Crippen molar-refractivity contribution in [2.75, 3.05) is 13.2 Å². The first-order chi connectivity index (χ1) is 10.5. The minimum absolute atomic E-state index is 0.0361. The van der Waals surface area contributed by atoms with Gasteiger partial charge in [0.2, 0.25) is 0 Å². The van der Waals surface area contributed by atoms with Crippen molar-refractivity contribution < 1.29 is 19.4 Å². The van der Waals surface area contributed by atoms with Crippen molar-refractivity contribution in [2.24, 2.45) is 0 Å². The van der Waals surface area contributed by atoms with E-state index in [-0.39, 0.29) is 18.7 Å². The summed E-state index contributed by atoms with van der Waals surface area (Å²) in [5.74, 6) is -1.61. The standard InChI is InChI=1S/C13H11ClN2O4S2/c14-9-2-1-8(22-9)11-15-7(5-21-11)10(17)16-13(12(18)19)3-4-20-6-13/h1-2,5H,3-4,6H2,(H,16,17)(H,18,19). The van der Waals surface area contributed by atoms with Crippen LogP contribution in [0.2, 0.25) is 4.34 Å². The van der Waals surface area contributed by atoms with Crippen molar-refractivity contribution in [3.05, 3.63) is 27.5 Å². The second-order valence-electron chi connectivity index (χ2n) is 4.79. The Morgan fingerprint density at radius 2 is 2.27 bits per heavy atom. The lowest BCUT2D eigenvalue weighted by molar-refractivity contribution is -0.144. The monoisotopic (exact) mass is 358 g/mol. The van der Waals surface area contributed by atoms with Crippen molar-refractivity contribution in [1.82, 2.24) is 10.3 Å². The maximum atomic E-state index is 12.3. The van der Waals surface area contributed by atoms with E-state index in [1.165, 1.54) is 22.7 Å². The molecule has 0 radical (unpaired) electrons. The van der Waals surface area contributed by atoms with Gasteiger partial charge in [0, 0.05) is 18.4 Å². The average Bonchev–Trinajstić information content (AvgIpc) is 3.17. The van der Waals surface area contributed by atoms with E-state index in [1.807, 2.05) is 6.07 Å². The van der Waals surface area contributed by atoms with Gasteiger partial charge in [0.15, 0.2) is 5.54 Å². The van der Waals surface area contributed by atoms with Crippen LogP contribution in [0.1, 0.15) is 16.9 Å². The molecule has 116 valence electrons. The zero-order valence-corrected chi connectivity index (χ0v) is 13.6. The van der Waals surface area contributed by atoms with Gasteiger partial charge in [-0.05, 0) is 12.1 Å². The number of carbonyl (C=O) groups excluding carboxylic acids is 1. The van der Waals surface area contributed by atoms with Gasteiger partial charge in [0.25, 0.3) is 5.91 Å².